The molecule has 2 nitrogen and oxygen atoms in total. The monoisotopic (exact) mass is 175 g/mol. The largest absolute Gasteiger partial charge is 0.481 e. The molecule has 0 heterocycles. The van der Waals surface area contributed by atoms with Gasteiger partial charge in [0.1, 0.15) is 0 Å². The molecule has 0 saturated carbocycles. The number of rotatable bonds is 1. The molecule has 1 N–H and O–H groups in total. The van der Waals surface area contributed by atoms with Gasteiger partial charge in [0.05, 0.1) is 7.11 Å². The highest BCUT2D eigenvalue weighted by Gasteiger charge is 2.12. The van der Waals surface area contributed by atoms with Gasteiger partial charge < -0.3 is 4.74 Å². The Morgan fingerprint density at radius 1 is 1.31 bits per heavy atom. The van der Waals surface area contributed by atoms with E-state index in [1.165, 1.54) is 31.1 Å². The van der Waals surface area contributed by atoms with Gasteiger partial charge in [-0.05, 0) is 42.5 Å². The predicted molar refractivity (Wildman–Crippen MR) is 52.3 cm³/mol. The Morgan fingerprint density at radius 3 is 2.85 bits per heavy atom. The van der Waals surface area contributed by atoms with Crippen molar-refractivity contribution in [3.8, 4) is 0 Å². The van der Waals surface area contributed by atoms with Crippen LogP contribution in [0, 0.1) is 5.41 Å². The van der Waals surface area contributed by atoms with E-state index in [0.717, 1.165) is 12.0 Å². The maximum absolute atomic E-state index is 7.52. The molecule has 2 rings (SSSR count). The van der Waals surface area contributed by atoms with Crippen LogP contribution in [0.15, 0.2) is 18.2 Å². The lowest BCUT2D eigenvalue weighted by molar-refractivity contribution is 0.401. The average Bonchev–Trinajstić information content (AvgIpc) is 2.63. The standard InChI is InChI=1S/C11H13NO/c1-13-11(12)10-6-5-8-3-2-4-9(8)7-10/h5-7,12H,2-4H2,1H3. The lowest BCUT2D eigenvalue weighted by Crippen LogP contribution is -2.01. The van der Waals surface area contributed by atoms with Gasteiger partial charge in [0.25, 0.3) is 0 Å². The first-order valence-corrected chi connectivity index (χ1v) is 4.56. The molecule has 0 saturated heterocycles. The molecule has 1 aromatic carbocycles. The zero-order chi connectivity index (χ0) is 9.26. The zero-order valence-corrected chi connectivity index (χ0v) is 7.76. The van der Waals surface area contributed by atoms with E-state index < -0.39 is 0 Å². The minimum Gasteiger partial charge on any atom is -0.481 e. The van der Waals surface area contributed by atoms with Crippen LogP contribution in [-0.2, 0) is 17.6 Å². The van der Waals surface area contributed by atoms with Gasteiger partial charge in [-0.2, -0.15) is 0 Å². The van der Waals surface area contributed by atoms with Crippen molar-refractivity contribution in [2.24, 2.45) is 0 Å². The minimum atomic E-state index is 0.259. The molecule has 2 heteroatoms. The molecule has 0 aliphatic heterocycles. The Kier molecular flexibility index (Phi) is 2.05. The fraction of sp³-hybridized carbons (Fsp3) is 0.364. The number of ether oxygens (including phenoxy) is 1. The average molecular weight is 175 g/mol. The Hall–Kier alpha value is -1.31. The van der Waals surface area contributed by atoms with Gasteiger partial charge in [0.15, 0.2) is 0 Å². The highest BCUT2D eigenvalue weighted by Crippen LogP contribution is 2.22. The molecule has 1 aliphatic carbocycles. The van der Waals surface area contributed by atoms with E-state index in [-0.39, 0.29) is 5.90 Å². The van der Waals surface area contributed by atoms with E-state index in [0.29, 0.717) is 0 Å². The number of benzene rings is 1. The maximum Gasteiger partial charge on any atom is 0.212 e. The lowest BCUT2D eigenvalue weighted by Gasteiger charge is -2.04. The molecule has 0 aromatic heterocycles. The molecular formula is C11H13NO. The molecule has 1 aromatic rings. The van der Waals surface area contributed by atoms with Gasteiger partial charge in [-0.15, -0.1) is 0 Å². The molecule has 0 fully saturated rings. The van der Waals surface area contributed by atoms with Crippen LogP contribution in [0.3, 0.4) is 0 Å². The van der Waals surface area contributed by atoms with E-state index in [1.54, 1.807) is 0 Å². The summed E-state index contributed by atoms with van der Waals surface area (Å²) in [4.78, 5) is 0. The third-order valence-corrected chi connectivity index (χ3v) is 2.56. The van der Waals surface area contributed by atoms with Crippen molar-refractivity contribution in [3.05, 3.63) is 34.9 Å². The van der Waals surface area contributed by atoms with Gasteiger partial charge in [-0.3, -0.25) is 5.41 Å². The van der Waals surface area contributed by atoms with Gasteiger partial charge in [0, 0.05) is 5.56 Å². The molecule has 0 bridgehead atoms. The van der Waals surface area contributed by atoms with Gasteiger partial charge in [-0.1, -0.05) is 6.07 Å². The van der Waals surface area contributed by atoms with Gasteiger partial charge in [0.2, 0.25) is 5.90 Å². The quantitative estimate of drug-likeness (QED) is 0.515. The fourth-order valence-corrected chi connectivity index (χ4v) is 1.83. The van der Waals surface area contributed by atoms with Crippen LogP contribution < -0.4 is 0 Å². The molecule has 0 atom stereocenters. The minimum absolute atomic E-state index is 0.259. The summed E-state index contributed by atoms with van der Waals surface area (Å²) in [6.45, 7) is 0. The summed E-state index contributed by atoms with van der Waals surface area (Å²) in [6.07, 6.45) is 3.59. The maximum atomic E-state index is 7.52. The smallest absolute Gasteiger partial charge is 0.212 e. The summed E-state index contributed by atoms with van der Waals surface area (Å²) in [5, 5.41) is 7.52. The Morgan fingerprint density at radius 2 is 2.08 bits per heavy atom. The third-order valence-electron chi connectivity index (χ3n) is 2.56. The highest BCUT2D eigenvalue weighted by molar-refractivity contribution is 5.91. The molecule has 0 radical (unpaired) electrons. The van der Waals surface area contributed by atoms with Crippen molar-refractivity contribution in [2.75, 3.05) is 7.11 Å². The second-order valence-electron chi connectivity index (χ2n) is 3.37. The van der Waals surface area contributed by atoms with Crippen LogP contribution in [0.5, 0.6) is 0 Å². The fourth-order valence-electron chi connectivity index (χ4n) is 1.83. The number of nitrogens with one attached hydrogen (secondary N) is 1. The summed E-state index contributed by atoms with van der Waals surface area (Å²) in [5.41, 5.74) is 3.72. The number of hydrogen-bond acceptors (Lipinski definition) is 2. The Balaban J connectivity index is 2.36. The Bertz CT molecular complexity index is 344. The first kappa shape index (κ1) is 8.30. The molecule has 68 valence electrons. The summed E-state index contributed by atoms with van der Waals surface area (Å²) >= 11 is 0. The van der Waals surface area contributed by atoms with E-state index in [2.05, 4.69) is 12.1 Å². The second-order valence-corrected chi connectivity index (χ2v) is 3.37. The van der Waals surface area contributed by atoms with Crippen molar-refractivity contribution in [1.29, 1.82) is 5.41 Å². The zero-order valence-electron chi connectivity index (χ0n) is 7.76. The van der Waals surface area contributed by atoms with Crippen molar-refractivity contribution >= 4 is 5.90 Å². The number of hydrogen-bond donors (Lipinski definition) is 1. The molecule has 0 unspecified atom stereocenters. The SMILES string of the molecule is COC(=N)c1ccc2c(c1)CCC2. The van der Waals surface area contributed by atoms with E-state index in [9.17, 15) is 0 Å². The van der Waals surface area contributed by atoms with E-state index >= 15 is 0 Å². The van der Waals surface area contributed by atoms with Gasteiger partial charge in [-0.25, -0.2) is 0 Å². The summed E-state index contributed by atoms with van der Waals surface area (Å²) in [5.74, 6) is 0.259. The number of methoxy groups -OCH3 is 1. The predicted octanol–water partition coefficient (Wildman–Crippen LogP) is 2.15. The van der Waals surface area contributed by atoms with Crippen LogP contribution in [0.4, 0.5) is 0 Å². The van der Waals surface area contributed by atoms with Crippen molar-refractivity contribution in [3.63, 3.8) is 0 Å². The summed E-state index contributed by atoms with van der Waals surface area (Å²) in [6, 6.07) is 6.16. The first-order chi connectivity index (χ1) is 6.31. The topological polar surface area (TPSA) is 33.1 Å². The van der Waals surface area contributed by atoms with Crippen molar-refractivity contribution in [2.45, 2.75) is 19.3 Å². The summed E-state index contributed by atoms with van der Waals surface area (Å²) in [7, 11) is 1.54. The first-order valence-electron chi connectivity index (χ1n) is 4.56. The van der Waals surface area contributed by atoms with Gasteiger partial charge >= 0.3 is 0 Å². The number of fused-ring (bicyclic) bond motifs is 1. The van der Waals surface area contributed by atoms with E-state index in [4.69, 9.17) is 10.1 Å². The molecule has 13 heavy (non-hydrogen) atoms. The van der Waals surface area contributed by atoms with Crippen LogP contribution in [0.25, 0.3) is 0 Å². The van der Waals surface area contributed by atoms with Crippen molar-refractivity contribution in [1.82, 2.24) is 0 Å². The second kappa shape index (κ2) is 3.21. The summed E-state index contributed by atoms with van der Waals surface area (Å²) < 4.78 is 4.88. The van der Waals surface area contributed by atoms with Crippen LogP contribution >= 0.6 is 0 Å². The Labute approximate surface area is 78.0 Å². The van der Waals surface area contributed by atoms with Crippen LogP contribution in [-0.4, -0.2) is 13.0 Å². The van der Waals surface area contributed by atoms with Crippen molar-refractivity contribution < 1.29 is 4.74 Å². The molecule has 0 amide bonds. The van der Waals surface area contributed by atoms with E-state index in [1.807, 2.05) is 6.07 Å². The number of aryl methyl sites for hydroxylation is 2. The normalized spacial score (nSPS) is 13.9. The lowest BCUT2D eigenvalue weighted by atomic mass is 10.1. The molecular weight excluding hydrogens is 162 g/mol. The molecule has 0 spiro atoms. The third kappa shape index (κ3) is 1.44. The molecule has 1 aliphatic rings. The van der Waals surface area contributed by atoms with Crippen LogP contribution in [0.2, 0.25) is 0 Å². The van der Waals surface area contributed by atoms with Crippen LogP contribution in [0.1, 0.15) is 23.1 Å². The highest BCUT2D eigenvalue weighted by atomic mass is 16.5.